The van der Waals surface area contributed by atoms with E-state index in [-0.39, 0.29) is 24.0 Å². The first-order valence-corrected chi connectivity index (χ1v) is 9.35. The van der Waals surface area contributed by atoms with E-state index >= 15 is 0 Å². The molecule has 1 aromatic heterocycles. The summed E-state index contributed by atoms with van der Waals surface area (Å²) in [5, 5.41) is 6.89. The maximum atomic E-state index is 4.67. The topological polar surface area (TPSA) is 52.6 Å². The molecule has 0 spiro atoms. The van der Waals surface area contributed by atoms with Crippen molar-refractivity contribution in [1.82, 2.24) is 20.5 Å². The van der Waals surface area contributed by atoms with Crippen LogP contribution in [0, 0.1) is 5.92 Å². The quantitative estimate of drug-likeness (QED) is 0.356. The summed E-state index contributed by atoms with van der Waals surface area (Å²) in [7, 11) is 0. The maximum Gasteiger partial charge on any atom is 0.191 e. The van der Waals surface area contributed by atoms with Crippen LogP contribution < -0.4 is 10.6 Å². The molecule has 1 aliphatic heterocycles. The number of rotatable bonds is 8. The van der Waals surface area contributed by atoms with E-state index in [2.05, 4.69) is 46.3 Å². The Balaban J connectivity index is 0.00000312. The van der Waals surface area contributed by atoms with Gasteiger partial charge in [-0.2, -0.15) is 0 Å². The third-order valence-electron chi connectivity index (χ3n) is 4.38. The predicted octanol–water partition coefficient (Wildman–Crippen LogP) is 3.27. The zero-order valence-electron chi connectivity index (χ0n) is 15.9. The Hall–Kier alpha value is -0.890. The molecule has 25 heavy (non-hydrogen) atoms. The van der Waals surface area contributed by atoms with Gasteiger partial charge in [-0.25, -0.2) is 4.99 Å². The van der Waals surface area contributed by atoms with E-state index in [1.807, 2.05) is 24.4 Å². The van der Waals surface area contributed by atoms with Crippen LogP contribution in [0.2, 0.25) is 0 Å². The van der Waals surface area contributed by atoms with Gasteiger partial charge in [-0.05, 0) is 57.3 Å². The molecule has 6 heteroatoms. The van der Waals surface area contributed by atoms with Crippen LogP contribution >= 0.6 is 24.0 Å². The van der Waals surface area contributed by atoms with Gasteiger partial charge in [0.25, 0.3) is 0 Å². The SMILES string of the molecule is CCNC(=NCc1ccccn1)NCC(CC(C)C)N1CCCC1.I. The Morgan fingerprint density at radius 3 is 2.60 bits per heavy atom. The molecule has 0 radical (unpaired) electrons. The van der Waals surface area contributed by atoms with Crippen LogP contribution in [0.3, 0.4) is 0 Å². The van der Waals surface area contributed by atoms with E-state index in [1.165, 1.54) is 32.4 Å². The van der Waals surface area contributed by atoms with Crippen molar-refractivity contribution >= 4 is 29.9 Å². The molecule has 1 atom stereocenters. The number of hydrogen-bond donors (Lipinski definition) is 2. The number of nitrogens with zero attached hydrogens (tertiary/aromatic N) is 3. The lowest BCUT2D eigenvalue weighted by Gasteiger charge is -2.29. The molecule has 1 aromatic rings. The molecule has 1 aliphatic rings. The normalized spacial score (nSPS) is 16.6. The Labute approximate surface area is 170 Å². The highest BCUT2D eigenvalue weighted by atomic mass is 127. The summed E-state index contributed by atoms with van der Waals surface area (Å²) in [6, 6.07) is 6.54. The molecule has 2 heterocycles. The zero-order chi connectivity index (χ0) is 17.2. The summed E-state index contributed by atoms with van der Waals surface area (Å²) in [4.78, 5) is 11.6. The number of hydrogen-bond acceptors (Lipinski definition) is 3. The number of halogens is 1. The van der Waals surface area contributed by atoms with E-state index in [1.54, 1.807) is 0 Å². The third-order valence-corrected chi connectivity index (χ3v) is 4.38. The van der Waals surface area contributed by atoms with E-state index in [0.717, 1.165) is 24.7 Å². The van der Waals surface area contributed by atoms with Gasteiger partial charge in [-0.3, -0.25) is 9.88 Å². The lowest BCUT2D eigenvalue weighted by atomic mass is 10.0. The van der Waals surface area contributed by atoms with Crippen LogP contribution in [0.4, 0.5) is 0 Å². The van der Waals surface area contributed by atoms with Gasteiger partial charge < -0.3 is 10.6 Å². The number of guanidine groups is 1. The molecule has 0 amide bonds. The molecule has 5 nitrogen and oxygen atoms in total. The van der Waals surface area contributed by atoms with Crippen molar-refractivity contribution in [2.24, 2.45) is 10.9 Å². The average Bonchev–Trinajstić information content (AvgIpc) is 3.11. The molecule has 142 valence electrons. The maximum absolute atomic E-state index is 4.67. The molecule has 0 bridgehead atoms. The zero-order valence-corrected chi connectivity index (χ0v) is 18.2. The summed E-state index contributed by atoms with van der Waals surface area (Å²) < 4.78 is 0. The van der Waals surface area contributed by atoms with Gasteiger partial charge >= 0.3 is 0 Å². The lowest BCUT2D eigenvalue weighted by molar-refractivity contribution is 0.213. The van der Waals surface area contributed by atoms with E-state index in [0.29, 0.717) is 18.5 Å². The fraction of sp³-hybridized carbons (Fsp3) is 0.684. The highest BCUT2D eigenvalue weighted by Gasteiger charge is 2.22. The first-order chi connectivity index (χ1) is 11.7. The van der Waals surface area contributed by atoms with E-state index < -0.39 is 0 Å². The van der Waals surface area contributed by atoms with E-state index in [9.17, 15) is 0 Å². The van der Waals surface area contributed by atoms with Crippen LogP contribution in [0.5, 0.6) is 0 Å². The average molecular weight is 459 g/mol. The minimum Gasteiger partial charge on any atom is -0.357 e. The number of pyridine rings is 1. The largest absolute Gasteiger partial charge is 0.357 e. The Morgan fingerprint density at radius 2 is 2.00 bits per heavy atom. The van der Waals surface area contributed by atoms with Gasteiger partial charge in [0.1, 0.15) is 0 Å². The number of nitrogens with one attached hydrogen (secondary N) is 2. The number of likely N-dealkylation sites (tertiary alicyclic amines) is 1. The fourth-order valence-corrected chi connectivity index (χ4v) is 3.22. The van der Waals surface area contributed by atoms with Crippen LogP contribution in [0.1, 0.15) is 45.7 Å². The van der Waals surface area contributed by atoms with Crippen LogP contribution in [-0.2, 0) is 6.54 Å². The van der Waals surface area contributed by atoms with Crippen LogP contribution in [-0.4, -0.2) is 48.1 Å². The van der Waals surface area contributed by atoms with E-state index in [4.69, 9.17) is 0 Å². The molecular weight excluding hydrogens is 425 g/mol. The van der Waals surface area contributed by atoms with Crippen molar-refractivity contribution in [3.05, 3.63) is 30.1 Å². The monoisotopic (exact) mass is 459 g/mol. The predicted molar refractivity (Wildman–Crippen MR) is 117 cm³/mol. The highest BCUT2D eigenvalue weighted by Crippen LogP contribution is 2.17. The molecule has 0 saturated carbocycles. The number of aliphatic imine (C=N–C) groups is 1. The van der Waals surface area contributed by atoms with Crippen molar-refractivity contribution < 1.29 is 0 Å². The standard InChI is InChI=1S/C19H33N5.HI/c1-4-20-19(22-14-17-9-5-6-10-21-17)23-15-18(13-16(2)3)24-11-7-8-12-24;/h5-6,9-10,16,18H,4,7-8,11-15H2,1-3H3,(H2,20,22,23);1H. The van der Waals surface area contributed by atoms with Gasteiger partial charge in [0, 0.05) is 25.3 Å². The van der Waals surface area contributed by atoms with Gasteiger partial charge in [0.2, 0.25) is 0 Å². The van der Waals surface area contributed by atoms with Crippen molar-refractivity contribution in [3.8, 4) is 0 Å². The molecule has 0 aliphatic carbocycles. The third kappa shape index (κ3) is 8.35. The number of aromatic nitrogens is 1. The lowest BCUT2D eigenvalue weighted by Crippen LogP contribution is -2.47. The van der Waals surface area contributed by atoms with Crippen molar-refractivity contribution in [2.75, 3.05) is 26.2 Å². The summed E-state index contributed by atoms with van der Waals surface area (Å²) in [5.41, 5.74) is 0.993. The van der Waals surface area contributed by atoms with Crippen molar-refractivity contribution in [1.29, 1.82) is 0 Å². The van der Waals surface area contributed by atoms with Crippen molar-refractivity contribution in [3.63, 3.8) is 0 Å². The first-order valence-electron chi connectivity index (χ1n) is 9.35. The van der Waals surface area contributed by atoms with Crippen molar-refractivity contribution in [2.45, 2.75) is 52.6 Å². The fourth-order valence-electron chi connectivity index (χ4n) is 3.22. The summed E-state index contributed by atoms with van der Waals surface area (Å²) in [6.07, 6.45) is 5.72. The molecule has 2 rings (SSSR count). The summed E-state index contributed by atoms with van der Waals surface area (Å²) >= 11 is 0. The Kier molecular flexibility index (Phi) is 11.0. The van der Waals surface area contributed by atoms with Crippen LogP contribution in [0.25, 0.3) is 0 Å². The molecule has 0 aromatic carbocycles. The molecule has 2 N–H and O–H groups in total. The summed E-state index contributed by atoms with van der Waals surface area (Å²) in [6.45, 7) is 11.6. The van der Waals surface area contributed by atoms with Gasteiger partial charge in [-0.15, -0.1) is 24.0 Å². The summed E-state index contributed by atoms with van der Waals surface area (Å²) in [5.74, 6) is 1.60. The van der Waals surface area contributed by atoms with Crippen LogP contribution in [0.15, 0.2) is 29.4 Å². The highest BCUT2D eigenvalue weighted by molar-refractivity contribution is 14.0. The minimum absolute atomic E-state index is 0. The first kappa shape index (κ1) is 22.2. The van der Waals surface area contributed by atoms with Gasteiger partial charge in [0.05, 0.1) is 12.2 Å². The molecular formula is C19H34IN5. The second-order valence-electron chi connectivity index (χ2n) is 6.92. The minimum atomic E-state index is 0. The smallest absolute Gasteiger partial charge is 0.191 e. The van der Waals surface area contributed by atoms with Gasteiger partial charge in [-0.1, -0.05) is 19.9 Å². The Bertz CT molecular complexity index is 486. The second-order valence-corrected chi connectivity index (χ2v) is 6.92. The van der Waals surface area contributed by atoms with Gasteiger partial charge in [0.15, 0.2) is 5.96 Å². The Morgan fingerprint density at radius 1 is 1.24 bits per heavy atom. The molecule has 1 saturated heterocycles. The molecule has 1 unspecified atom stereocenters. The second kappa shape index (κ2) is 12.5. The molecule has 1 fully saturated rings.